The van der Waals surface area contributed by atoms with E-state index in [1.165, 1.54) is 0 Å². The highest BCUT2D eigenvalue weighted by molar-refractivity contribution is 5.85. The SMILES string of the molecule is COCCC(=O)N1CCN(c2nc(C3CC3)c(C3=CC=CN4ONC=C34)cc2N)C[C@H]1C. The molecule has 4 heterocycles. The smallest absolute Gasteiger partial charge is 0.225 e. The van der Waals surface area contributed by atoms with Gasteiger partial charge in [-0.3, -0.25) is 4.79 Å². The number of anilines is 2. The summed E-state index contributed by atoms with van der Waals surface area (Å²) in [5, 5.41) is 1.71. The average Bonchev–Trinajstić information content (AvgIpc) is 3.52. The molecule has 1 amide bonds. The van der Waals surface area contributed by atoms with Gasteiger partial charge in [0.1, 0.15) is 0 Å². The van der Waals surface area contributed by atoms with Crippen molar-refractivity contribution in [3.63, 3.8) is 0 Å². The predicted molar refractivity (Wildman–Crippen MR) is 122 cm³/mol. The summed E-state index contributed by atoms with van der Waals surface area (Å²) in [6, 6.07) is 2.14. The molecule has 32 heavy (non-hydrogen) atoms. The van der Waals surface area contributed by atoms with E-state index in [1.54, 1.807) is 12.2 Å². The van der Waals surface area contributed by atoms with Crippen molar-refractivity contribution in [2.45, 2.75) is 38.1 Å². The van der Waals surface area contributed by atoms with Crippen molar-refractivity contribution in [1.82, 2.24) is 20.4 Å². The lowest BCUT2D eigenvalue weighted by atomic mass is 9.96. The Morgan fingerprint density at radius 3 is 2.97 bits per heavy atom. The summed E-state index contributed by atoms with van der Waals surface area (Å²) < 4.78 is 5.06. The van der Waals surface area contributed by atoms with Gasteiger partial charge in [0.05, 0.1) is 36.3 Å². The van der Waals surface area contributed by atoms with Gasteiger partial charge in [-0.05, 0) is 31.9 Å². The van der Waals surface area contributed by atoms with E-state index in [9.17, 15) is 4.79 Å². The van der Waals surface area contributed by atoms with E-state index in [2.05, 4.69) is 29.4 Å². The van der Waals surface area contributed by atoms with Crippen LogP contribution in [-0.4, -0.2) is 60.2 Å². The number of nitrogens with two attached hydrogens (primary N) is 1. The minimum atomic E-state index is 0.0879. The van der Waals surface area contributed by atoms with Crippen LogP contribution in [0.15, 0.2) is 36.3 Å². The van der Waals surface area contributed by atoms with E-state index >= 15 is 0 Å². The van der Waals surface area contributed by atoms with Crippen LogP contribution in [0.2, 0.25) is 0 Å². The largest absolute Gasteiger partial charge is 0.396 e. The third kappa shape index (κ3) is 3.82. The average molecular weight is 439 g/mol. The van der Waals surface area contributed by atoms with Crippen molar-refractivity contribution in [3.8, 4) is 0 Å². The Hall–Kier alpha value is -3.04. The number of allylic oxidation sites excluding steroid dienone is 3. The molecular formula is C23H30N6O3. The number of hydrogen-bond donors (Lipinski definition) is 2. The van der Waals surface area contributed by atoms with E-state index in [1.807, 2.05) is 23.4 Å². The maximum absolute atomic E-state index is 12.5. The summed E-state index contributed by atoms with van der Waals surface area (Å²) in [5.41, 5.74) is 14.2. The first kappa shape index (κ1) is 20.8. The van der Waals surface area contributed by atoms with Gasteiger partial charge in [0.25, 0.3) is 0 Å². The first-order valence-corrected chi connectivity index (χ1v) is 11.2. The number of ether oxygens (including phenoxy) is 1. The second-order valence-electron chi connectivity index (χ2n) is 8.72. The number of pyridine rings is 1. The number of methoxy groups -OCH3 is 1. The number of aromatic nitrogens is 1. The number of carbonyl (C=O) groups is 1. The lowest BCUT2D eigenvalue weighted by Gasteiger charge is -2.41. The van der Waals surface area contributed by atoms with Crippen molar-refractivity contribution in [2.75, 3.05) is 44.0 Å². The molecular weight excluding hydrogens is 408 g/mol. The number of piperazine rings is 1. The maximum Gasteiger partial charge on any atom is 0.225 e. The Morgan fingerprint density at radius 2 is 2.22 bits per heavy atom. The zero-order chi connectivity index (χ0) is 22.2. The number of fused-ring (bicyclic) bond motifs is 1. The number of nitrogens with zero attached hydrogens (tertiary/aromatic N) is 4. The highest BCUT2D eigenvalue weighted by atomic mass is 16.8. The molecule has 5 rings (SSSR count). The van der Waals surface area contributed by atoms with E-state index in [0.717, 1.165) is 41.2 Å². The lowest BCUT2D eigenvalue weighted by Crippen LogP contribution is -2.54. The van der Waals surface area contributed by atoms with Gasteiger partial charge in [-0.2, -0.15) is 4.94 Å². The molecule has 1 aliphatic carbocycles. The second kappa shape index (κ2) is 8.48. The standard InChI is InChI=1S/C23H30N6O3/c1-15-14-27(9-10-28(15)21(30)7-11-31-2)23-19(24)12-18(22(26-23)16-5-6-16)17-4-3-8-29-20(17)13-25-32-29/h3-4,8,12-13,15-16,25H,5-7,9-11,14,24H2,1-2H3/t15-/m1/s1. The monoisotopic (exact) mass is 438 g/mol. The van der Waals surface area contributed by atoms with Crippen LogP contribution in [0.3, 0.4) is 0 Å². The third-order valence-corrected chi connectivity index (χ3v) is 6.43. The Morgan fingerprint density at radius 1 is 1.38 bits per heavy atom. The zero-order valence-electron chi connectivity index (χ0n) is 18.6. The summed E-state index contributed by atoms with van der Waals surface area (Å²) >= 11 is 0. The number of hydrogen-bond acceptors (Lipinski definition) is 8. The minimum Gasteiger partial charge on any atom is -0.396 e. The molecule has 0 bridgehead atoms. The van der Waals surface area contributed by atoms with Crippen LogP contribution in [0.4, 0.5) is 11.5 Å². The van der Waals surface area contributed by atoms with E-state index in [-0.39, 0.29) is 11.9 Å². The van der Waals surface area contributed by atoms with Gasteiger partial charge in [-0.15, -0.1) is 0 Å². The van der Waals surface area contributed by atoms with Crippen molar-refractivity contribution in [2.24, 2.45) is 0 Å². The van der Waals surface area contributed by atoms with Crippen LogP contribution in [0, 0.1) is 0 Å². The fourth-order valence-electron chi connectivity index (χ4n) is 4.61. The first-order valence-electron chi connectivity index (χ1n) is 11.2. The molecule has 2 fully saturated rings. The second-order valence-corrected chi connectivity index (χ2v) is 8.72. The topological polar surface area (TPSA) is 96.2 Å². The van der Waals surface area contributed by atoms with E-state index in [0.29, 0.717) is 44.3 Å². The molecule has 3 N–H and O–H groups in total. The van der Waals surface area contributed by atoms with Crippen molar-refractivity contribution >= 4 is 23.0 Å². The quantitative estimate of drug-likeness (QED) is 0.697. The maximum atomic E-state index is 12.5. The highest BCUT2D eigenvalue weighted by Gasteiger charge is 2.34. The number of nitrogens with one attached hydrogen (secondary N) is 1. The van der Waals surface area contributed by atoms with Crippen molar-refractivity contribution < 1.29 is 14.5 Å². The summed E-state index contributed by atoms with van der Waals surface area (Å²) in [7, 11) is 1.62. The van der Waals surface area contributed by atoms with Crippen LogP contribution in [-0.2, 0) is 14.5 Å². The molecule has 1 aromatic rings. The molecule has 9 nitrogen and oxygen atoms in total. The summed E-state index contributed by atoms with van der Waals surface area (Å²) in [5.74, 6) is 1.41. The predicted octanol–water partition coefficient (Wildman–Crippen LogP) is 2.12. The fraction of sp³-hybridized carbons (Fsp3) is 0.478. The number of carbonyl (C=O) groups excluding carboxylic acids is 1. The van der Waals surface area contributed by atoms with Crippen molar-refractivity contribution in [1.29, 1.82) is 0 Å². The molecule has 1 saturated carbocycles. The van der Waals surface area contributed by atoms with Crippen molar-refractivity contribution in [3.05, 3.63) is 47.6 Å². The normalized spacial score (nSPS) is 22.4. The summed E-state index contributed by atoms with van der Waals surface area (Å²) in [6.07, 6.45) is 10.4. The van der Waals surface area contributed by atoms with Gasteiger partial charge < -0.3 is 20.3 Å². The molecule has 1 aromatic heterocycles. The van der Waals surface area contributed by atoms with Crippen LogP contribution in [0.5, 0.6) is 0 Å². The molecule has 4 aliphatic rings. The van der Waals surface area contributed by atoms with Crippen LogP contribution in [0.25, 0.3) is 5.57 Å². The van der Waals surface area contributed by atoms with Gasteiger partial charge in [0.15, 0.2) is 5.82 Å². The molecule has 1 atom stereocenters. The number of nitrogen functional groups attached to an aromatic ring is 1. The number of amides is 1. The van der Waals surface area contributed by atoms with Gasteiger partial charge in [-0.25, -0.2) is 15.5 Å². The van der Waals surface area contributed by atoms with Crippen LogP contribution >= 0.6 is 0 Å². The summed E-state index contributed by atoms with van der Waals surface area (Å²) in [4.78, 5) is 27.2. The minimum absolute atomic E-state index is 0.0879. The first-order chi connectivity index (χ1) is 15.6. The molecule has 0 aromatic carbocycles. The molecule has 170 valence electrons. The number of hydroxylamine groups is 3. The molecule has 1 saturated heterocycles. The Bertz CT molecular complexity index is 1000. The van der Waals surface area contributed by atoms with E-state index < -0.39 is 0 Å². The summed E-state index contributed by atoms with van der Waals surface area (Å²) in [6.45, 7) is 4.61. The molecule has 3 aliphatic heterocycles. The van der Waals surface area contributed by atoms with Gasteiger partial charge >= 0.3 is 0 Å². The molecule has 0 spiro atoms. The van der Waals surface area contributed by atoms with Gasteiger partial charge in [0.2, 0.25) is 5.91 Å². The molecule has 9 heteroatoms. The molecule has 0 radical (unpaired) electrons. The van der Waals surface area contributed by atoms with Crippen LogP contribution in [0.1, 0.15) is 43.4 Å². The van der Waals surface area contributed by atoms with Gasteiger partial charge in [-0.1, -0.05) is 6.08 Å². The highest BCUT2D eigenvalue weighted by Crippen LogP contribution is 2.46. The Kier molecular flexibility index (Phi) is 5.52. The fourth-order valence-corrected chi connectivity index (χ4v) is 4.61. The Balaban J connectivity index is 1.41. The third-order valence-electron chi connectivity index (χ3n) is 6.43. The Labute approximate surface area is 188 Å². The van der Waals surface area contributed by atoms with Gasteiger partial charge in [0, 0.05) is 56.0 Å². The number of rotatable bonds is 6. The lowest BCUT2D eigenvalue weighted by molar-refractivity contribution is -0.134. The van der Waals surface area contributed by atoms with E-state index in [4.69, 9.17) is 20.4 Å². The van der Waals surface area contributed by atoms with Crippen LogP contribution < -0.4 is 16.1 Å². The molecule has 0 unspecified atom stereocenters. The zero-order valence-corrected chi connectivity index (χ0v) is 18.6.